The number of imidazole rings is 1. The van der Waals surface area contributed by atoms with Gasteiger partial charge in [-0.15, -0.1) is 0 Å². The Kier molecular flexibility index (Phi) is 7.13. The smallest absolute Gasteiger partial charge is 0.407 e. The third-order valence-electron chi connectivity index (χ3n) is 5.26. The molecule has 1 fully saturated rings. The highest BCUT2D eigenvalue weighted by atomic mass is 35.5. The van der Waals surface area contributed by atoms with Gasteiger partial charge in [-0.2, -0.15) is 0 Å². The van der Waals surface area contributed by atoms with Gasteiger partial charge in [0.2, 0.25) is 16.0 Å². The third kappa shape index (κ3) is 6.20. The molecular formula is C22H26ClN7O4S. The SMILES string of the molecule is COC(=O)NC(C)CNc1nccc(-c2[nH]c(C3CC3)nc2-c2cccc(NS(C)(=O)=O)c2Cl)n1. The van der Waals surface area contributed by atoms with Crippen molar-refractivity contribution in [3.8, 4) is 22.6 Å². The number of carbonyl (C=O) groups is 1. The van der Waals surface area contributed by atoms with Crippen LogP contribution in [-0.2, 0) is 14.8 Å². The molecule has 1 amide bonds. The molecule has 1 aliphatic carbocycles. The Balaban J connectivity index is 1.66. The third-order valence-corrected chi connectivity index (χ3v) is 6.26. The summed E-state index contributed by atoms with van der Waals surface area (Å²) in [5.74, 6) is 1.54. The molecule has 1 unspecified atom stereocenters. The largest absolute Gasteiger partial charge is 0.453 e. The molecule has 4 rings (SSSR count). The maximum atomic E-state index is 11.8. The number of aromatic amines is 1. The zero-order valence-electron chi connectivity index (χ0n) is 19.4. The van der Waals surface area contributed by atoms with Crippen molar-refractivity contribution in [2.24, 2.45) is 0 Å². The summed E-state index contributed by atoms with van der Waals surface area (Å²) in [7, 11) is -2.21. The lowest BCUT2D eigenvalue weighted by Crippen LogP contribution is -2.37. The van der Waals surface area contributed by atoms with Gasteiger partial charge in [-0.25, -0.2) is 28.2 Å². The second-order valence-corrected chi connectivity index (χ2v) is 10.5. The number of rotatable bonds is 9. The predicted octanol–water partition coefficient (Wildman–Crippen LogP) is 3.59. The number of hydrogen-bond acceptors (Lipinski definition) is 8. The van der Waals surface area contributed by atoms with E-state index in [0.717, 1.165) is 24.9 Å². The van der Waals surface area contributed by atoms with Gasteiger partial charge < -0.3 is 20.4 Å². The molecule has 1 saturated carbocycles. The number of ether oxygens (including phenoxy) is 1. The van der Waals surface area contributed by atoms with Gasteiger partial charge in [0.05, 0.1) is 41.2 Å². The number of anilines is 2. The van der Waals surface area contributed by atoms with Gasteiger partial charge in [-0.3, -0.25) is 4.72 Å². The van der Waals surface area contributed by atoms with E-state index < -0.39 is 16.1 Å². The lowest BCUT2D eigenvalue weighted by molar-refractivity contribution is 0.168. The first-order chi connectivity index (χ1) is 16.6. The Morgan fingerprint density at radius 3 is 2.74 bits per heavy atom. The normalized spacial score (nSPS) is 14.3. The van der Waals surface area contributed by atoms with E-state index in [2.05, 4.69) is 35.0 Å². The van der Waals surface area contributed by atoms with Gasteiger partial charge in [0.15, 0.2) is 0 Å². The van der Waals surface area contributed by atoms with Crippen molar-refractivity contribution in [3.05, 3.63) is 41.3 Å². The van der Waals surface area contributed by atoms with Crippen LogP contribution in [0.1, 0.15) is 31.5 Å². The summed E-state index contributed by atoms with van der Waals surface area (Å²) >= 11 is 6.61. The molecule has 1 aromatic carbocycles. The second-order valence-electron chi connectivity index (χ2n) is 8.34. The van der Waals surface area contributed by atoms with Crippen molar-refractivity contribution in [3.63, 3.8) is 0 Å². The minimum absolute atomic E-state index is 0.220. The molecule has 11 nitrogen and oxygen atoms in total. The number of alkyl carbamates (subject to hydrolysis) is 1. The molecule has 1 atom stereocenters. The van der Waals surface area contributed by atoms with Crippen LogP contribution in [-0.4, -0.2) is 60.4 Å². The van der Waals surface area contributed by atoms with Crippen LogP contribution in [0.25, 0.3) is 22.6 Å². The molecule has 0 radical (unpaired) electrons. The number of hydrogen-bond donors (Lipinski definition) is 4. The number of nitrogens with zero attached hydrogens (tertiary/aromatic N) is 3. The number of carbonyl (C=O) groups excluding carboxylic acids is 1. The van der Waals surface area contributed by atoms with E-state index in [1.165, 1.54) is 7.11 Å². The van der Waals surface area contributed by atoms with Gasteiger partial charge in [0.1, 0.15) is 5.82 Å². The average molecular weight is 520 g/mol. The topological polar surface area (TPSA) is 151 Å². The number of sulfonamides is 1. The van der Waals surface area contributed by atoms with Gasteiger partial charge in [-0.05, 0) is 31.9 Å². The van der Waals surface area contributed by atoms with Gasteiger partial charge in [0, 0.05) is 30.3 Å². The molecule has 186 valence electrons. The summed E-state index contributed by atoms with van der Waals surface area (Å²) in [6.07, 6.45) is 4.24. The lowest BCUT2D eigenvalue weighted by Gasteiger charge is -2.14. The van der Waals surface area contributed by atoms with E-state index in [4.69, 9.17) is 16.6 Å². The van der Waals surface area contributed by atoms with Crippen LogP contribution in [0.3, 0.4) is 0 Å². The molecule has 13 heteroatoms. The number of H-pyrrole nitrogens is 1. The van der Waals surface area contributed by atoms with E-state index in [0.29, 0.717) is 41.1 Å². The molecule has 2 heterocycles. The lowest BCUT2D eigenvalue weighted by atomic mass is 10.1. The maximum absolute atomic E-state index is 11.8. The van der Waals surface area contributed by atoms with Crippen molar-refractivity contribution in [2.45, 2.75) is 31.7 Å². The van der Waals surface area contributed by atoms with Crippen LogP contribution in [0.15, 0.2) is 30.5 Å². The molecule has 3 aromatic rings. The molecule has 4 N–H and O–H groups in total. The van der Waals surface area contributed by atoms with Crippen molar-refractivity contribution < 1.29 is 17.9 Å². The molecule has 1 aliphatic rings. The standard InChI is InChI=1S/C22H26ClN7O4S/c1-12(26-22(31)34-2)11-25-21-24-10-9-16(27-21)19-18(28-20(29-19)13-7-8-13)14-5-4-6-15(17(14)23)30-35(3,32)33/h4-6,9-10,12-13,30H,7-8,11H2,1-3H3,(H,26,31)(H,28,29)(H,24,25,27). The van der Waals surface area contributed by atoms with E-state index in [-0.39, 0.29) is 16.8 Å². The number of benzene rings is 1. The summed E-state index contributed by atoms with van der Waals surface area (Å²) in [4.78, 5) is 28.4. The van der Waals surface area contributed by atoms with Crippen LogP contribution >= 0.6 is 11.6 Å². The van der Waals surface area contributed by atoms with Crippen molar-refractivity contribution in [1.29, 1.82) is 0 Å². The molecule has 35 heavy (non-hydrogen) atoms. The molecule has 0 aliphatic heterocycles. The summed E-state index contributed by atoms with van der Waals surface area (Å²) in [6.45, 7) is 2.20. The van der Waals surface area contributed by atoms with Crippen LogP contribution < -0.4 is 15.4 Å². The zero-order chi connectivity index (χ0) is 25.2. The number of nitrogens with one attached hydrogen (secondary N) is 4. The van der Waals surface area contributed by atoms with Crippen LogP contribution in [0, 0.1) is 0 Å². The summed E-state index contributed by atoms with van der Waals surface area (Å²) < 4.78 is 30.6. The highest BCUT2D eigenvalue weighted by molar-refractivity contribution is 7.92. The second kappa shape index (κ2) is 10.1. The first-order valence-corrected chi connectivity index (χ1v) is 13.2. The van der Waals surface area contributed by atoms with E-state index in [9.17, 15) is 13.2 Å². The highest BCUT2D eigenvalue weighted by Crippen LogP contribution is 2.43. The first-order valence-electron chi connectivity index (χ1n) is 10.9. The maximum Gasteiger partial charge on any atom is 0.407 e. The number of amides is 1. The summed E-state index contributed by atoms with van der Waals surface area (Å²) in [6, 6.07) is 6.63. The molecule has 0 spiro atoms. The Bertz CT molecular complexity index is 1340. The number of aromatic nitrogens is 4. The fraction of sp³-hybridized carbons (Fsp3) is 0.364. The average Bonchev–Trinajstić information content (AvgIpc) is 3.57. The van der Waals surface area contributed by atoms with Gasteiger partial charge in [0.25, 0.3) is 0 Å². The van der Waals surface area contributed by atoms with Crippen molar-refractivity contribution >= 4 is 39.4 Å². The quantitative estimate of drug-likeness (QED) is 0.335. The fourth-order valence-electron chi connectivity index (χ4n) is 3.45. The van der Waals surface area contributed by atoms with Crippen LogP contribution in [0.5, 0.6) is 0 Å². The van der Waals surface area contributed by atoms with Crippen molar-refractivity contribution in [1.82, 2.24) is 25.3 Å². The Morgan fingerprint density at radius 1 is 1.29 bits per heavy atom. The van der Waals surface area contributed by atoms with E-state index in [1.807, 2.05) is 6.92 Å². The molecule has 0 saturated heterocycles. The zero-order valence-corrected chi connectivity index (χ0v) is 21.0. The molecule has 0 bridgehead atoms. The van der Waals surface area contributed by atoms with Gasteiger partial charge in [-0.1, -0.05) is 23.7 Å². The minimum atomic E-state index is -3.51. The Morgan fingerprint density at radius 2 is 2.06 bits per heavy atom. The minimum Gasteiger partial charge on any atom is -0.453 e. The van der Waals surface area contributed by atoms with E-state index >= 15 is 0 Å². The Labute approximate surface area is 208 Å². The predicted molar refractivity (Wildman–Crippen MR) is 134 cm³/mol. The van der Waals surface area contributed by atoms with Crippen molar-refractivity contribution in [2.75, 3.05) is 29.9 Å². The van der Waals surface area contributed by atoms with Gasteiger partial charge >= 0.3 is 6.09 Å². The molecular weight excluding hydrogens is 494 g/mol. The first kappa shape index (κ1) is 24.7. The van der Waals surface area contributed by atoms with Crippen LogP contribution in [0.2, 0.25) is 5.02 Å². The van der Waals surface area contributed by atoms with Crippen LogP contribution in [0.4, 0.5) is 16.4 Å². The monoisotopic (exact) mass is 519 g/mol. The number of methoxy groups -OCH3 is 1. The Hall–Kier alpha value is -3.38. The fourth-order valence-corrected chi connectivity index (χ4v) is 4.34. The van der Waals surface area contributed by atoms with E-state index in [1.54, 1.807) is 30.5 Å². The highest BCUT2D eigenvalue weighted by Gasteiger charge is 2.29. The molecule has 2 aromatic heterocycles. The summed E-state index contributed by atoms with van der Waals surface area (Å²) in [5, 5.41) is 6.01. The summed E-state index contributed by atoms with van der Waals surface area (Å²) in [5.41, 5.74) is 2.65. The number of halogens is 1.